The molecule has 342 valence electrons. The molecule has 1 amide bonds. The second-order valence-electron chi connectivity index (χ2n) is 17.7. The van der Waals surface area contributed by atoms with Crippen LogP contribution in [0.1, 0.15) is 271 Å². The van der Waals surface area contributed by atoms with Crippen LogP contribution in [0.5, 0.6) is 0 Å². The monoisotopic (exact) mass is 816 g/mol. The van der Waals surface area contributed by atoms with Gasteiger partial charge in [0.1, 0.15) is 6.10 Å². The first-order valence-corrected chi connectivity index (χ1v) is 25.8. The lowest BCUT2D eigenvalue weighted by atomic mass is 10.0. The van der Waals surface area contributed by atoms with E-state index in [2.05, 4.69) is 43.5 Å². The Morgan fingerprint density at radius 2 is 0.707 bits per heavy atom. The Balaban J connectivity index is 3.65. The van der Waals surface area contributed by atoms with Crippen molar-refractivity contribution in [3.05, 3.63) is 36.5 Å². The van der Waals surface area contributed by atoms with Crippen molar-refractivity contribution in [2.45, 2.75) is 289 Å². The number of aliphatic hydroxyl groups excluding tert-OH is 3. The van der Waals surface area contributed by atoms with Gasteiger partial charge in [-0.25, -0.2) is 0 Å². The minimum Gasteiger partial charge on any atom is -0.394 e. The van der Waals surface area contributed by atoms with Gasteiger partial charge in [0.05, 0.1) is 18.8 Å². The zero-order chi connectivity index (χ0) is 42.3. The van der Waals surface area contributed by atoms with Gasteiger partial charge in [-0.2, -0.15) is 0 Å². The molecule has 58 heavy (non-hydrogen) atoms. The first-order chi connectivity index (χ1) is 28.6. The van der Waals surface area contributed by atoms with E-state index in [9.17, 15) is 20.1 Å². The lowest BCUT2D eigenvalue weighted by Gasteiger charge is -2.21. The van der Waals surface area contributed by atoms with Crippen molar-refractivity contribution in [2.24, 2.45) is 0 Å². The van der Waals surface area contributed by atoms with Crippen molar-refractivity contribution < 1.29 is 20.1 Å². The Labute approximate surface area is 362 Å². The second-order valence-corrected chi connectivity index (χ2v) is 17.7. The second kappa shape index (κ2) is 48.2. The van der Waals surface area contributed by atoms with Crippen molar-refractivity contribution in [1.29, 1.82) is 0 Å². The quantitative estimate of drug-likeness (QED) is 0.0364. The fourth-order valence-electron chi connectivity index (χ4n) is 7.90. The summed E-state index contributed by atoms with van der Waals surface area (Å²) in [5.74, 6) is -0.515. The molecular weight excluding hydrogens is 715 g/mol. The zero-order valence-electron chi connectivity index (χ0n) is 38.9. The molecular formula is C53H101NO4. The van der Waals surface area contributed by atoms with Gasteiger partial charge in [-0.15, -0.1) is 0 Å². The molecule has 0 saturated heterocycles. The number of hydrogen-bond donors (Lipinski definition) is 4. The maximum Gasteiger partial charge on any atom is 0.249 e. The highest BCUT2D eigenvalue weighted by molar-refractivity contribution is 5.80. The predicted molar refractivity (Wildman–Crippen MR) is 254 cm³/mol. The summed E-state index contributed by atoms with van der Waals surface area (Å²) in [6.07, 6.45) is 62.0. The van der Waals surface area contributed by atoms with E-state index in [0.717, 1.165) is 38.5 Å². The van der Waals surface area contributed by atoms with Gasteiger partial charge in [-0.05, 0) is 57.8 Å². The Kier molecular flexibility index (Phi) is 47.0. The normalized spacial score (nSPS) is 13.7. The smallest absolute Gasteiger partial charge is 0.249 e. The highest BCUT2D eigenvalue weighted by atomic mass is 16.3. The van der Waals surface area contributed by atoms with E-state index in [-0.39, 0.29) is 6.61 Å². The number of hydrogen-bond acceptors (Lipinski definition) is 4. The van der Waals surface area contributed by atoms with Crippen LogP contribution < -0.4 is 5.32 Å². The summed E-state index contributed by atoms with van der Waals surface area (Å²) in [4.78, 5) is 12.5. The van der Waals surface area contributed by atoms with Crippen molar-refractivity contribution in [1.82, 2.24) is 5.32 Å². The van der Waals surface area contributed by atoms with E-state index in [1.807, 2.05) is 6.08 Å². The molecule has 3 unspecified atom stereocenters. The summed E-state index contributed by atoms with van der Waals surface area (Å²) in [5.41, 5.74) is 0. The Morgan fingerprint density at radius 3 is 1.05 bits per heavy atom. The zero-order valence-corrected chi connectivity index (χ0v) is 38.9. The van der Waals surface area contributed by atoms with Crippen LogP contribution >= 0.6 is 0 Å². The number of carbonyl (C=O) groups excluding carboxylic acids is 1. The summed E-state index contributed by atoms with van der Waals surface area (Å²) in [6.45, 7) is 4.19. The molecule has 0 aromatic rings. The summed E-state index contributed by atoms with van der Waals surface area (Å²) >= 11 is 0. The molecule has 0 spiro atoms. The molecule has 0 aromatic carbocycles. The Hall–Kier alpha value is -1.43. The van der Waals surface area contributed by atoms with Crippen molar-refractivity contribution in [3.63, 3.8) is 0 Å². The van der Waals surface area contributed by atoms with Crippen LogP contribution in [-0.4, -0.2) is 46.1 Å². The molecule has 3 atom stereocenters. The van der Waals surface area contributed by atoms with E-state index in [0.29, 0.717) is 6.42 Å². The first kappa shape index (κ1) is 56.6. The largest absolute Gasteiger partial charge is 0.394 e. The summed E-state index contributed by atoms with van der Waals surface area (Å²) in [6, 6.07) is -0.817. The molecule has 4 N–H and O–H groups in total. The first-order valence-electron chi connectivity index (χ1n) is 25.8. The summed E-state index contributed by atoms with van der Waals surface area (Å²) in [7, 11) is 0. The summed E-state index contributed by atoms with van der Waals surface area (Å²) < 4.78 is 0. The summed E-state index contributed by atoms with van der Waals surface area (Å²) in [5, 5.41) is 33.3. The van der Waals surface area contributed by atoms with Gasteiger partial charge >= 0.3 is 0 Å². The molecule has 0 aromatic heterocycles. The Morgan fingerprint density at radius 1 is 0.414 bits per heavy atom. The standard InChI is InChI=1S/C53H101NO4/c1-3-5-7-9-11-13-15-17-19-21-23-25-26-27-28-30-31-33-35-37-39-41-43-45-47-51(56)50(49-55)54-53(58)52(57)48-46-44-42-40-38-36-34-32-29-24-22-20-18-16-14-12-10-8-6-4-2/h29,32,37,39,45,47,50-52,55-57H,3-28,30-31,33-36,38,40-44,46,48-49H2,1-2H3,(H,54,58)/b32-29-,39-37+,47-45+. The van der Waals surface area contributed by atoms with Gasteiger partial charge < -0.3 is 20.6 Å². The fraction of sp³-hybridized carbons (Fsp3) is 0.868. The van der Waals surface area contributed by atoms with Crippen LogP contribution in [0.4, 0.5) is 0 Å². The number of unbranched alkanes of at least 4 members (excludes halogenated alkanes) is 35. The number of carbonyl (C=O) groups is 1. The Bertz CT molecular complexity index is 901. The molecule has 5 heteroatoms. The van der Waals surface area contributed by atoms with Gasteiger partial charge in [0.2, 0.25) is 5.91 Å². The van der Waals surface area contributed by atoms with Crippen LogP contribution in [0, 0.1) is 0 Å². The van der Waals surface area contributed by atoms with Gasteiger partial charge in [0.25, 0.3) is 0 Å². The molecule has 0 saturated carbocycles. The van der Waals surface area contributed by atoms with Gasteiger partial charge in [0.15, 0.2) is 0 Å². The number of nitrogens with one attached hydrogen (secondary N) is 1. The fourth-order valence-corrected chi connectivity index (χ4v) is 7.90. The van der Waals surface area contributed by atoms with Crippen molar-refractivity contribution in [3.8, 4) is 0 Å². The number of aliphatic hydroxyl groups is 3. The number of rotatable bonds is 47. The molecule has 0 fully saturated rings. The lowest BCUT2D eigenvalue weighted by molar-refractivity contribution is -0.131. The number of allylic oxidation sites excluding steroid dienone is 5. The maximum absolute atomic E-state index is 12.5. The third kappa shape index (κ3) is 42.7. The van der Waals surface area contributed by atoms with E-state index in [4.69, 9.17) is 0 Å². The highest BCUT2D eigenvalue weighted by Gasteiger charge is 2.22. The average molecular weight is 816 g/mol. The SMILES string of the molecule is CCCCCCCCCCCC/C=C\CCCCCCCCC(O)C(=O)NC(CO)C(O)/C=C/CC/C=C/CCCCCCCCCCCCCCCCCCCC. The van der Waals surface area contributed by atoms with Crippen LogP contribution in [0.2, 0.25) is 0 Å². The van der Waals surface area contributed by atoms with Crippen molar-refractivity contribution >= 4 is 5.91 Å². The third-order valence-electron chi connectivity index (χ3n) is 12.0. The van der Waals surface area contributed by atoms with Crippen molar-refractivity contribution in [2.75, 3.05) is 6.61 Å². The molecule has 0 rings (SSSR count). The van der Waals surface area contributed by atoms with Crippen LogP contribution in [0.15, 0.2) is 36.5 Å². The van der Waals surface area contributed by atoms with E-state index in [1.165, 1.54) is 212 Å². The molecule has 0 aliphatic carbocycles. The number of amides is 1. The van der Waals surface area contributed by atoms with E-state index < -0.39 is 24.2 Å². The van der Waals surface area contributed by atoms with Gasteiger partial charge in [-0.3, -0.25) is 4.79 Å². The maximum atomic E-state index is 12.5. The minimum absolute atomic E-state index is 0.377. The topological polar surface area (TPSA) is 89.8 Å². The van der Waals surface area contributed by atoms with E-state index >= 15 is 0 Å². The van der Waals surface area contributed by atoms with Gasteiger partial charge in [0, 0.05) is 0 Å². The predicted octanol–water partition coefficient (Wildman–Crippen LogP) is 15.5. The molecule has 0 aliphatic rings. The van der Waals surface area contributed by atoms with Gasteiger partial charge in [-0.1, -0.05) is 249 Å². The molecule has 0 bridgehead atoms. The minimum atomic E-state index is -1.11. The van der Waals surface area contributed by atoms with Crippen LogP contribution in [-0.2, 0) is 4.79 Å². The lowest BCUT2D eigenvalue weighted by Crippen LogP contribution is -2.48. The molecule has 0 heterocycles. The molecule has 0 radical (unpaired) electrons. The average Bonchev–Trinajstić information content (AvgIpc) is 3.23. The molecule has 0 aliphatic heterocycles. The molecule has 5 nitrogen and oxygen atoms in total. The van der Waals surface area contributed by atoms with Crippen LogP contribution in [0.3, 0.4) is 0 Å². The third-order valence-corrected chi connectivity index (χ3v) is 12.0. The van der Waals surface area contributed by atoms with E-state index in [1.54, 1.807) is 6.08 Å². The van der Waals surface area contributed by atoms with Crippen LogP contribution in [0.25, 0.3) is 0 Å². The highest BCUT2D eigenvalue weighted by Crippen LogP contribution is 2.16.